The number of nitrogens with zero attached hydrogens (tertiary/aromatic N) is 1. The molecule has 0 saturated heterocycles. The lowest BCUT2D eigenvalue weighted by molar-refractivity contribution is 0.0773. The molecule has 0 spiro atoms. The number of hydrogen-bond acceptors (Lipinski definition) is 2. The molecular formula is C18H20ClNO2. The first-order valence-corrected chi connectivity index (χ1v) is 7.56. The lowest BCUT2D eigenvalue weighted by Gasteiger charge is -2.19. The van der Waals surface area contributed by atoms with Crippen LogP contribution >= 0.6 is 11.6 Å². The first-order chi connectivity index (χ1) is 10.5. The van der Waals surface area contributed by atoms with Crippen molar-refractivity contribution in [2.75, 3.05) is 20.2 Å². The average Bonchev–Trinajstić information content (AvgIpc) is 2.46. The minimum absolute atomic E-state index is 0.00666. The predicted octanol–water partition coefficient (Wildman–Crippen LogP) is 4.11. The maximum atomic E-state index is 12.4. The molecule has 2 aromatic carbocycles. The largest absolute Gasteiger partial charge is 0.492 e. The second-order valence-corrected chi connectivity index (χ2v) is 5.79. The van der Waals surface area contributed by atoms with Crippen molar-refractivity contribution in [3.63, 3.8) is 0 Å². The van der Waals surface area contributed by atoms with Crippen LogP contribution < -0.4 is 4.74 Å². The highest BCUT2D eigenvalue weighted by atomic mass is 35.5. The number of ether oxygens (including phenoxy) is 1. The molecule has 0 fully saturated rings. The van der Waals surface area contributed by atoms with E-state index < -0.39 is 0 Å². The Morgan fingerprint density at radius 1 is 1.18 bits per heavy atom. The van der Waals surface area contributed by atoms with Gasteiger partial charge in [-0.2, -0.15) is 0 Å². The van der Waals surface area contributed by atoms with Crippen molar-refractivity contribution in [1.29, 1.82) is 0 Å². The van der Waals surface area contributed by atoms with Crippen LogP contribution in [0.5, 0.6) is 5.75 Å². The molecule has 0 aromatic heterocycles. The first-order valence-electron chi connectivity index (χ1n) is 7.18. The third kappa shape index (κ3) is 4.25. The minimum atomic E-state index is 0.00666. The summed E-state index contributed by atoms with van der Waals surface area (Å²) in [5.74, 6) is 0.715. The summed E-state index contributed by atoms with van der Waals surface area (Å²) < 4.78 is 5.61. The van der Waals surface area contributed by atoms with Crippen molar-refractivity contribution in [1.82, 2.24) is 4.90 Å². The molecule has 4 heteroatoms. The van der Waals surface area contributed by atoms with Crippen molar-refractivity contribution in [3.05, 3.63) is 64.2 Å². The van der Waals surface area contributed by atoms with Gasteiger partial charge in [-0.1, -0.05) is 35.4 Å². The summed E-state index contributed by atoms with van der Waals surface area (Å²) >= 11 is 5.90. The van der Waals surface area contributed by atoms with Crippen molar-refractivity contribution in [2.45, 2.75) is 13.8 Å². The number of benzene rings is 2. The van der Waals surface area contributed by atoms with Gasteiger partial charge in [0.1, 0.15) is 12.4 Å². The van der Waals surface area contributed by atoms with E-state index in [9.17, 15) is 4.79 Å². The fraction of sp³-hybridized carbons (Fsp3) is 0.278. The van der Waals surface area contributed by atoms with E-state index in [4.69, 9.17) is 16.3 Å². The van der Waals surface area contributed by atoms with Crippen LogP contribution in [0, 0.1) is 13.8 Å². The lowest BCUT2D eigenvalue weighted by Crippen LogP contribution is -2.31. The maximum absolute atomic E-state index is 12.4. The molecule has 0 unspecified atom stereocenters. The van der Waals surface area contributed by atoms with Gasteiger partial charge in [0.25, 0.3) is 5.91 Å². The number of rotatable bonds is 5. The van der Waals surface area contributed by atoms with Gasteiger partial charge in [-0.15, -0.1) is 0 Å². The van der Waals surface area contributed by atoms with E-state index >= 15 is 0 Å². The van der Waals surface area contributed by atoms with E-state index in [0.29, 0.717) is 23.9 Å². The van der Waals surface area contributed by atoms with Gasteiger partial charge in [0.2, 0.25) is 0 Å². The summed E-state index contributed by atoms with van der Waals surface area (Å²) in [4.78, 5) is 14.1. The molecule has 0 aliphatic rings. The van der Waals surface area contributed by atoms with E-state index in [1.807, 2.05) is 44.2 Å². The zero-order valence-corrected chi connectivity index (χ0v) is 13.9. The Labute approximate surface area is 136 Å². The molecule has 0 radical (unpaired) electrons. The van der Waals surface area contributed by atoms with Gasteiger partial charge in [-0.05, 0) is 43.7 Å². The van der Waals surface area contributed by atoms with Gasteiger partial charge < -0.3 is 9.64 Å². The van der Waals surface area contributed by atoms with Crippen LogP contribution in [0.15, 0.2) is 42.5 Å². The molecule has 2 rings (SSSR count). The van der Waals surface area contributed by atoms with Crippen LogP contribution in [-0.4, -0.2) is 31.0 Å². The van der Waals surface area contributed by atoms with Crippen LogP contribution in [-0.2, 0) is 0 Å². The first kappa shape index (κ1) is 16.4. The van der Waals surface area contributed by atoms with Gasteiger partial charge in [0.15, 0.2) is 0 Å². The highest BCUT2D eigenvalue weighted by molar-refractivity contribution is 6.30. The number of amides is 1. The molecular weight excluding hydrogens is 298 g/mol. The molecule has 0 bridgehead atoms. The Balaban J connectivity index is 1.91. The summed E-state index contributed by atoms with van der Waals surface area (Å²) in [6.07, 6.45) is 0. The van der Waals surface area contributed by atoms with Crippen LogP contribution in [0.4, 0.5) is 0 Å². The van der Waals surface area contributed by atoms with Crippen LogP contribution in [0.25, 0.3) is 0 Å². The zero-order chi connectivity index (χ0) is 16.1. The molecule has 116 valence electrons. The number of hydrogen-bond donors (Lipinski definition) is 0. The summed E-state index contributed by atoms with van der Waals surface area (Å²) in [5.41, 5.74) is 2.88. The molecule has 3 nitrogen and oxygen atoms in total. The number of aryl methyl sites for hydroxylation is 2. The van der Waals surface area contributed by atoms with Gasteiger partial charge in [-0.3, -0.25) is 4.79 Å². The fourth-order valence-corrected chi connectivity index (χ4v) is 2.40. The SMILES string of the molecule is Cc1ccc(C(=O)N(C)CCOc2cccc(Cl)c2)c(C)c1. The van der Waals surface area contributed by atoms with E-state index in [2.05, 4.69) is 0 Å². The summed E-state index contributed by atoms with van der Waals surface area (Å²) in [6.45, 7) is 4.91. The monoisotopic (exact) mass is 317 g/mol. The standard InChI is InChI=1S/C18H20ClNO2/c1-13-7-8-17(14(2)11-13)18(21)20(3)9-10-22-16-6-4-5-15(19)12-16/h4-8,11-12H,9-10H2,1-3H3. The number of likely N-dealkylation sites (N-methyl/N-ethyl adjacent to an activating group) is 1. The third-order valence-electron chi connectivity index (χ3n) is 3.45. The Morgan fingerprint density at radius 2 is 1.95 bits per heavy atom. The van der Waals surface area contributed by atoms with Gasteiger partial charge in [-0.25, -0.2) is 0 Å². The smallest absolute Gasteiger partial charge is 0.253 e. The minimum Gasteiger partial charge on any atom is -0.492 e. The molecule has 0 saturated carbocycles. The zero-order valence-electron chi connectivity index (χ0n) is 13.1. The molecule has 2 aromatic rings. The van der Waals surface area contributed by atoms with Gasteiger partial charge in [0, 0.05) is 17.6 Å². The molecule has 0 aliphatic carbocycles. The van der Waals surface area contributed by atoms with Crippen LogP contribution in [0.3, 0.4) is 0 Å². The Bertz CT molecular complexity index is 670. The van der Waals surface area contributed by atoms with Crippen molar-refractivity contribution in [3.8, 4) is 5.75 Å². The normalized spacial score (nSPS) is 10.4. The second-order valence-electron chi connectivity index (χ2n) is 5.35. The van der Waals surface area contributed by atoms with Gasteiger partial charge >= 0.3 is 0 Å². The molecule has 0 N–H and O–H groups in total. The van der Waals surface area contributed by atoms with E-state index in [1.165, 1.54) is 0 Å². The molecule has 0 heterocycles. The van der Waals surface area contributed by atoms with Crippen LogP contribution in [0.2, 0.25) is 5.02 Å². The van der Waals surface area contributed by atoms with Crippen LogP contribution in [0.1, 0.15) is 21.5 Å². The summed E-state index contributed by atoms with van der Waals surface area (Å²) in [5, 5.41) is 0.636. The Morgan fingerprint density at radius 3 is 2.64 bits per heavy atom. The Kier molecular flexibility index (Phi) is 5.45. The maximum Gasteiger partial charge on any atom is 0.253 e. The Hall–Kier alpha value is -2.00. The quantitative estimate of drug-likeness (QED) is 0.830. The van der Waals surface area contributed by atoms with E-state index in [0.717, 1.165) is 16.7 Å². The second kappa shape index (κ2) is 7.32. The van der Waals surface area contributed by atoms with Crippen molar-refractivity contribution in [2.24, 2.45) is 0 Å². The number of carbonyl (C=O) groups is 1. The highest BCUT2D eigenvalue weighted by Crippen LogP contribution is 2.17. The topological polar surface area (TPSA) is 29.5 Å². The molecule has 22 heavy (non-hydrogen) atoms. The molecule has 0 atom stereocenters. The number of carbonyl (C=O) groups excluding carboxylic acids is 1. The van der Waals surface area contributed by atoms with E-state index in [1.54, 1.807) is 24.1 Å². The molecule has 0 aliphatic heterocycles. The summed E-state index contributed by atoms with van der Waals surface area (Å²) in [6, 6.07) is 13.1. The highest BCUT2D eigenvalue weighted by Gasteiger charge is 2.13. The van der Waals surface area contributed by atoms with Gasteiger partial charge in [0.05, 0.1) is 6.54 Å². The van der Waals surface area contributed by atoms with Crippen molar-refractivity contribution >= 4 is 17.5 Å². The average molecular weight is 318 g/mol. The third-order valence-corrected chi connectivity index (χ3v) is 3.69. The fourth-order valence-electron chi connectivity index (χ4n) is 2.22. The van der Waals surface area contributed by atoms with Crippen molar-refractivity contribution < 1.29 is 9.53 Å². The lowest BCUT2D eigenvalue weighted by atomic mass is 10.0. The summed E-state index contributed by atoms with van der Waals surface area (Å²) in [7, 11) is 1.78. The van der Waals surface area contributed by atoms with E-state index in [-0.39, 0.29) is 5.91 Å². The predicted molar refractivity (Wildman–Crippen MR) is 89.8 cm³/mol. The number of halogens is 1. The molecule has 1 amide bonds.